The number of nitrogens with zero attached hydrogens (tertiary/aromatic N) is 1. The van der Waals surface area contributed by atoms with Crippen molar-refractivity contribution in [2.75, 3.05) is 0 Å². The molecule has 0 bridgehead atoms. The molecule has 0 unspecified atom stereocenters. The number of nitriles is 1. The van der Waals surface area contributed by atoms with Crippen LogP contribution in [0.1, 0.15) is 22.3 Å². The molecule has 0 atom stereocenters. The van der Waals surface area contributed by atoms with Crippen molar-refractivity contribution < 1.29 is 4.79 Å². The van der Waals surface area contributed by atoms with Gasteiger partial charge in [0.15, 0.2) is 0 Å². The highest BCUT2D eigenvalue weighted by Gasteiger charge is 1.93. The van der Waals surface area contributed by atoms with E-state index in [0.29, 0.717) is 18.5 Å². The van der Waals surface area contributed by atoms with Crippen LogP contribution in [0.3, 0.4) is 0 Å². The third kappa shape index (κ3) is 4.60. The maximum absolute atomic E-state index is 10.1. The van der Waals surface area contributed by atoms with E-state index in [0.717, 1.165) is 16.7 Å². The van der Waals surface area contributed by atoms with Gasteiger partial charge in [-0.3, -0.25) is 10.2 Å². The van der Waals surface area contributed by atoms with Crippen molar-refractivity contribution in [2.24, 2.45) is 0 Å². The highest BCUT2D eigenvalue weighted by Crippen LogP contribution is 2.10. The molecule has 0 fully saturated rings. The first-order chi connectivity index (χ1) is 10.3. The third-order valence-corrected chi connectivity index (χ3v) is 2.94. The Morgan fingerprint density at radius 1 is 0.952 bits per heavy atom. The topological polar surface area (TPSA) is 64.9 Å². The summed E-state index contributed by atoms with van der Waals surface area (Å²) in [4.78, 5) is 10.1. The predicted molar refractivity (Wildman–Crippen MR) is 82.6 cm³/mol. The largest absolute Gasteiger partial charge is 0.294 e. The van der Waals surface area contributed by atoms with Crippen molar-refractivity contribution in [2.45, 2.75) is 6.54 Å². The summed E-state index contributed by atoms with van der Waals surface area (Å²) in [7, 11) is 0. The van der Waals surface area contributed by atoms with E-state index in [9.17, 15) is 4.79 Å². The summed E-state index contributed by atoms with van der Waals surface area (Å²) < 4.78 is 0. The molecular weight excluding hydrogens is 262 g/mol. The molecule has 21 heavy (non-hydrogen) atoms. The fourth-order valence-electron chi connectivity index (χ4n) is 1.80. The second-order valence-electron chi connectivity index (χ2n) is 4.42. The molecule has 0 spiro atoms. The first-order valence-electron chi connectivity index (χ1n) is 6.51. The lowest BCUT2D eigenvalue weighted by Crippen LogP contribution is -2.29. The fourth-order valence-corrected chi connectivity index (χ4v) is 1.80. The van der Waals surface area contributed by atoms with Gasteiger partial charge in [-0.2, -0.15) is 5.26 Å². The maximum Gasteiger partial charge on any atom is 0.221 e. The molecule has 0 aliphatic carbocycles. The SMILES string of the molecule is N#Cc1ccc(/C=C\c2ccc(CNNC=O)cc2)cc1. The smallest absolute Gasteiger partial charge is 0.221 e. The van der Waals surface area contributed by atoms with Crippen LogP contribution in [0.5, 0.6) is 0 Å². The van der Waals surface area contributed by atoms with Gasteiger partial charge in [-0.05, 0) is 28.8 Å². The lowest BCUT2D eigenvalue weighted by atomic mass is 10.1. The molecule has 0 heterocycles. The monoisotopic (exact) mass is 277 g/mol. The minimum Gasteiger partial charge on any atom is -0.294 e. The first kappa shape index (κ1) is 14.5. The summed E-state index contributed by atoms with van der Waals surface area (Å²) >= 11 is 0. The number of rotatable bonds is 6. The van der Waals surface area contributed by atoms with Crippen molar-refractivity contribution in [1.29, 1.82) is 5.26 Å². The first-order valence-corrected chi connectivity index (χ1v) is 6.51. The molecule has 1 amide bonds. The minimum absolute atomic E-state index is 0.582. The zero-order valence-corrected chi connectivity index (χ0v) is 11.4. The van der Waals surface area contributed by atoms with Crippen LogP contribution in [0.25, 0.3) is 12.2 Å². The van der Waals surface area contributed by atoms with Gasteiger partial charge >= 0.3 is 0 Å². The van der Waals surface area contributed by atoms with Crippen molar-refractivity contribution in [3.05, 3.63) is 70.8 Å². The average molecular weight is 277 g/mol. The second-order valence-corrected chi connectivity index (χ2v) is 4.42. The van der Waals surface area contributed by atoms with Gasteiger partial charge in [-0.25, -0.2) is 5.43 Å². The van der Waals surface area contributed by atoms with Crippen molar-refractivity contribution in [3.8, 4) is 6.07 Å². The maximum atomic E-state index is 10.1. The molecule has 0 aliphatic rings. The van der Waals surface area contributed by atoms with Crippen LogP contribution in [0, 0.1) is 11.3 Å². The standard InChI is InChI=1S/C17H15N3O/c18-11-16-7-3-14(4-8-16)1-2-15-5-9-17(10-6-15)12-19-20-13-21/h1-10,13,19H,12H2,(H,20,21)/b2-1-. The van der Waals surface area contributed by atoms with Gasteiger partial charge < -0.3 is 0 Å². The predicted octanol–water partition coefficient (Wildman–Crippen LogP) is 2.48. The lowest BCUT2D eigenvalue weighted by molar-refractivity contribution is -0.110. The normalized spacial score (nSPS) is 10.2. The molecule has 0 aliphatic heterocycles. The number of hydrogen-bond acceptors (Lipinski definition) is 3. The summed E-state index contributed by atoms with van der Waals surface area (Å²) in [6.07, 6.45) is 4.62. The second kappa shape index (κ2) is 7.63. The van der Waals surface area contributed by atoms with Crippen molar-refractivity contribution in [3.63, 3.8) is 0 Å². The van der Waals surface area contributed by atoms with Crippen LogP contribution in [-0.2, 0) is 11.3 Å². The van der Waals surface area contributed by atoms with Crippen LogP contribution in [0.15, 0.2) is 48.5 Å². The van der Waals surface area contributed by atoms with Crippen molar-refractivity contribution >= 4 is 18.6 Å². The van der Waals surface area contributed by atoms with E-state index in [4.69, 9.17) is 5.26 Å². The number of carbonyl (C=O) groups is 1. The van der Waals surface area contributed by atoms with E-state index in [1.165, 1.54) is 0 Å². The Balaban J connectivity index is 1.97. The Kier molecular flexibility index (Phi) is 5.27. The van der Waals surface area contributed by atoms with E-state index < -0.39 is 0 Å². The van der Waals surface area contributed by atoms with Gasteiger partial charge in [0.2, 0.25) is 6.41 Å². The number of hydrazine groups is 1. The van der Waals surface area contributed by atoms with E-state index >= 15 is 0 Å². The molecule has 4 heteroatoms. The molecule has 2 rings (SSSR count). The Morgan fingerprint density at radius 3 is 2.05 bits per heavy atom. The quantitative estimate of drug-likeness (QED) is 0.369. The Morgan fingerprint density at radius 2 is 1.52 bits per heavy atom. The van der Waals surface area contributed by atoms with Crippen LogP contribution in [0.4, 0.5) is 0 Å². The van der Waals surface area contributed by atoms with E-state index in [1.807, 2.05) is 48.6 Å². The molecule has 0 saturated carbocycles. The summed E-state index contributed by atoms with van der Waals surface area (Å²) in [6, 6.07) is 17.5. The zero-order chi connectivity index (χ0) is 14.9. The summed E-state index contributed by atoms with van der Waals surface area (Å²) in [5.74, 6) is 0. The highest BCUT2D eigenvalue weighted by atomic mass is 16.1. The number of nitrogens with one attached hydrogen (secondary N) is 2. The summed E-state index contributed by atoms with van der Waals surface area (Å²) in [6.45, 7) is 0.582. The number of amides is 1. The summed E-state index contributed by atoms with van der Waals surface area (Å²) in [5.41, 5.74) is 9.06. The van der Waals surface area contributed by atoms with Gasteiger partial charge in [-0.15, -0.1) is 0 Å². The fraction of sp³-hybridized carbons (Fsp3) is 0.0588. The third-order valence-electron chi connectivity index (χ3n) is 2.94. The minimum atomic E-state index is 0.582. The Bertz CT molecular complexity index is 652. The Labute approximate surface area is 123 Å². The number of carbonyl (C=O) groups excluding carboxylic acids is 1. The van der Waals surface area contributed by atoms with Crippen LogP contribution >= 0.6 is 0 Å². The average Bonchev–Trinajstić information content (AvgIpc) is 2.55. The van der Waals surface area contributed by atoms with Crippen LogP contribution < -0.4 is 10.9 Å². The zero-order valence-electron chi connectivity index (χ0n) is 11.4. The molecule has 4 nitrogen and oxygen atoms in total. The van der Waals surface area contributed by atoms with Gasteiger partial charge in [0.25, 0.3) is 0 Å². The Hall–Kier alpha value is -2.90. The van der Waals surface area contributed by atoms with E-state index in [-0.39, 0.29) is 0 Å². The summed E-state index contributed by atoms with van der Waals surface area (Å²) in [5, 5.41) is 8.74. The van der Waals surface area contributed by atoms with E-state index in [2.05, 4.69) is 16.9 Å². The van der Waals surface area contributed by atoms with Crippen LogP contribution in [-0.4, -0.2) is 6.41 Å². The van der Waals surface area contributed by atoms with E-state index in [1.54, 1.807) is 12.1 Å². The molecule has 2 aromatic carbocycles. The molecule has 0 radical (unpaired) electrons. The molecule has 104 valence electrons. The number of hydrogen-bond donors (Lipinski definition) is 2. The molecule has 2 N–H and O–H groups in total. The van der Waals surface area contributed by atoms with Gasteiger partial charge in [0.05, 0.1) is 11.6 Å². The number of benzene rings is 2. The molecular formula is C17H15N3O. The lowest BCUT2D eigenvalue weighted by Gasteiger charge is -2.03. The van der Waals surface area contributed by atoms with Crippen LogP contribution in [0.2, 0.25) is 0 Å². The molecule has 0 saturated heterocycles. The highest BCUT2D eigenvalue weighted by molar-refractivity contribution is 5.69. The van der Waals surface area contributed by atoms with Gasteiger partial charge in [0, 0.05) is 6.54 Å². The van der Waals surface area contributed by atoms with Crippen molar-refractivity contribution in [1.82, 2.24) is 10.9 Å². The van der Waals surface area contributed by atoms with Gasteiger partial charge in [0.1, 0.15) is 0 Å². The van der Waals surface area contributed by atoms with Gasteiger partial charge in [-0.1, -0.05) is 48.6 Å². The molecule has 0 aromatic heterocycles. The molecule has 2 aromatic rings.